The molecular weight excluding hydrogens is 268 g/mol. The second-order valence-corrected chi connectivity index (χ2v) is 5.50. The highest BCUT2D eigenvalue weighted by atomic mass is 35.5. The highest BCUT2D eigenvalue weighted by molar-refractivity contribution is 7.99. The Hall–Kier alpha value is -1.20. The molecule has 18 heavy (non-hydrogen) atoms. The smallest absolute Gasteiger partial charge is 0.193 e. The molecule has 0 unspecified atom stereocenters. The lowest BCUT2D eigenvalue weighted by molar-refractivity contribution is 0.800. The summed E-state index contributed by atoms with van der Waals surface area (Å²) in [4.78, 5) is 16.8. The van der Waals surface area contributed by atoms with Gasteiger partial charge >= 0.3 is 0 Å². The van der Waals surface area contributed by atoms with Crippen molar-refractivity contribution in [2.45, 2.75) is 36.9 Å². The van der Waals surface area contributed by atoms with Crippen LogP contribution in [-0.2, 0) is 0 Å². The monoisotopic (exact) mass is 280 g/mol. The first-order valence-electron chi connectivity index (χ1n) is 5.55. The first kappa shape index (κ1) is 13.2. The minimum Gasteiger partial charge on any atom is -0.231 e. The first-order chi connectivity index (χ1) is 8.58. The van der Waals surface area contributed by atoms with Crippen molar-refractivity contribution in [2.24, 2.45) is 0 Å². The number of hydrogen-bond donors (Lipinski definition) is 0. The van der Waals surface area contributed by atoms with Crippen molar-refractivity contribution in [1.29, 1.82) is 0 Å². The van der Waals surface area contributed by atoms with Crippen LogP contribution in [0.4, 0.5) is 0 Å². The van der Waals surface area contributed by atoms with Crippen molar-refractivity contribution in [1.82, 2.24) is 19.9 Å². The van der Waals surface area contributed by atoms with Gasteiger partial charge < -0.3 is 0 Å². The zero-order chi connectivity index (χ0) is 13.1. The van der Waals surface area contributed by atoms with Crippen molar-refractivity contribution in [3.63, 3.8) is 0 Å². The molecule has 0 atom stereocenters. The molecule has 6 heteroatoms. The molecule has 0 spiro atoms. The Morgan fingerprint density at radius 1 is 1.11 bits per heavy atom. The highest BCUT2D eigenvalue weighted by Crippen LogP contribution is 2.33. The molecule has 2 aromatic heterocycles. The molecule has 94 valence electrons. The summed E-state index contributed by atoms with van der Waals surface area (Å²) in [5, 5.41) is 1.97. The molecule has 0 aliphatic rings. The zero-order valence-corrected chi connectivity index (χ0v) is 12.0. The molecule has 2 rings (SSSR count). The van der Waals surface area contributed by atoms with Gasteiger partial charge in [0.1, 0.15) is 16.5 Å². The third-order valence-electron chi connectivity index (χ3n) is 2.32. The van der Waals surface area contributed by atoms with Crippen molar-refractivity contribution in [2.75, 3.05) is 0 Å². The maximum absolute atomic E-state index is 6.11. The van der Waals surface area contributed by atoms with Gasteiger partial charge in [-0.3, -0.25) is 0 Å². The van der Waals surface area contributed by atoms with E-state index in [0.717, 1.165) is 16.2 Å². The number of aryl methyl sites for hydroxylation is 1. The molecule has 0 radical (unpaired) electrons. The molecule has 0 saturated carbocycles. The van der Waals surface area contributed by atoms with Gasteiger partial charge in [-0.1, -0.05) is 25.4 Å². The average Bonchev–Trinajstić information content (AvgIpc) is 2.32. The van der Waals surface area contributed by atoms with Crippen LogP contribution >= 0.6 is 23.4 Å². The minimum absolute atomic E-state index is 0.256. The van der Waals surface area contributed by atoms with Crippen molar-refractivity contribution in [3.05, 3.63) is 35.0 Å². The summed E-state index contributed by atoms with van der Waals surface area (Å²) >= 11 is 7.52. The summed E-state index contributed by atoms with van der Waals surface area (Å²) in [5.74, 6) is 0.256. The topological polar surface area (TPSA) is 51.6 Å². The zero-order valence-electron chi connectivity index (χ0n) is 10.4. The predicted molar refractivity (Wildman–Crippen MR) is 72.0 cm³/mol. The van der Waals surface area contributed by atoms with Crippen LogP contribution in [0.25, 0.3) is 0 Å². The molecule has 2 aromatic rings. The van der Waals surface area contributed by atoms with Crippen molar-refractivity contribution in [3.8, 4) is 0 Å². The van der Waals surface area contributed by atoms with Gasteiger partial charge in [-0.2, -0.15) is 0 Å². The molecule has 0 fully saturated rings. The maximum Gasteiger partial charge on any atom is 0.193 e. The van der Waals surface area contributed by atoms with Crippen molar-refractivity contribution < 1.29 is 0 Å². The van der Waals surface area contributed by atoms with Crippen LogP contribution in [0.3, 0.4) is 0 Å². The Kier molecular flexibility index (Phi) is 4.14. The Labute approximate surface area is 115 Å². The molecular formula is C12H13ClN4S. The molecule has 0 amide bonds. The molecule has 0 saturated heterocycles. The summed E-state index contributed by atoms with van der Waals surface area (Å²) in [6.45, 7) is 6.07. The van der Waals surface area contributed by atoms with E-state index in [4.69, 9.17) is 11.6 Å². The Bertz CT molecular complexity index is 542. The normalized spacial score (nSPS) is 10.9. The van der Waals surface area contributed by atoms with Crippen LogP contribution in [0, 0.1) is 6.92 Å². The quantitative estimate of drug-likeness (QED) is 0.636. The van der Waals surface area contributed by atoms with E-state index in [1.165, 1.54) is 18.1 Å². The van der Waals surface area contributed by atoms with Gasteiger partial charge in [0.2, 0.25) is 0 Å². The van der Waals surface area contributed by atoms with Gasteiger partial charge in [-0.25, -0.2) is 19.9 Å². The summed E-state index contributed by atoms with van der Waals surface area (Å²) in [5.41, 5.74) is 1.97. The number of aromatic nitrogens is 4. The van der Waals surface area contributed by atoms with Crippen LogP contribution in [0.1, 0.15) is 30.9 Å². The number of halogens is 1. The standard InChI is InChI=1S/C12H13ClN4S/c1-7(2)9-10(13)16-6-17-11(9)18-12-14-4-8(3)5-15-12/h4-7H,1-3H3. The third-order valence-corrected chi connectivity index (χ3v) is 3.53. The molecule has 0 aliphatic carbocycles. The van der Waals surface area contributed by atoms with E-state index in [1.54, 1.807) is 12.4 Å². The lowest BCUT2D eigenvalue weighted by atomic mass is 10.1. The predicted octanol–water partition coefficient (Wildman–Crippen LogP) is 3.50. The molecule has 0 bridgehead atoms. The summed E-state index contributed by atoms with van der Waals surface area (Å²) in [7, 11) is 0. The van der Waals surface area contributed by atoms with Gasteiger partial charge in [0.15, 0.2) is 5.16 Å². The maximum atomic E-state index is 6.11. The lowest BCUT2D eigenvalue weighted by Crippen LogP contribution is -1.98. The number of nitrogens with zero attached hydrogens (tertiary/aromatic N) is 4. The lowest BCUT2D eigenvalue weighted by Gasteiger charge is -2.11. The van der Waals surface area contributed by atoms with E-state index in [0.29, 0.717) is 10.3 Å². The second kappa shape index (κ2) is 5.63. The molecule has 0 aliphatic heterocycles. The Balaban J connectivity index is 2.34. The van der Waals surface area contributed by atoms with Gasteiger partial charge in [0.05, 0.1) is 0 Å². The first-order valence-corrected chi connectivity index (χ1v) is 6.74. The van der Waals surface area contributed by atoms with E-state index in [-0.39, 0.29) is 5.92 Å². The number of hydrogen-bond acceptors (Lipinski definition) is 5. The van der Waals surface area contributed by atoms with E-state index >= 15 is 0 Å². The van der Waals surface area contributed by atoms with Crippen molar-refractivity contribution >= 4 is 23.4 Å². The fourth-order valence-electron chi connectivity index (χ4n) is 1.45. The van der Waals surface area contributed by atoms with Crippen LogP contribution in [0.15, 0.2) is 28.9 Å². The molecule has 2 heterocycles. The minimum atomic E-state index is 0.256. The molecule has 4 nitrogen and oxygen atoms in total. The van der Waals surface area contributed by atoms with E-state index in [1.807, 2.05) is 6.92 Å². The van der Waals surface area contributed by atoms with Gasteiger partial charge in [-0.15, -0.1) is 0 Å². The van der Waals surface area contributed by atoms with E-state index in [2.05, 4.69) is 33.8 Å². The Morgan fingerprint density at radius 3 is 2.39 bits per heavy atom. The van der Waals surface area contributed by atoms with Crippen LogP contribution < -0.4 is 0 Å². The molecule has 0 N–H and O–H groups in total. The largest absolute Gasteiger partial charge is 0.231 e. The summed E-state index contributed by atoms with van der Waals surface area (Å²) < 4.78 is 0. The second-order valence-electron chi connectivity index (χ2n) is 4.18. The van der Waals surface area contributed by atoms with Gasteiger partial charge in [0, 0.05) is 18.0 Å². The summed E-state index contributed by atoms with van der Waals surface area (Å²) in [6.07, 6.45) is 5.03. The highest BCUT2D eigenvalue weighted by Gasteiger charge is 2.15. The average molecular weight is 281 g/mol. The van der Waals surface area contributed by atoms with Crippen LogP contribution in [0.2, 0.25) is 5.15 Å². The van der Waals surface area contributed by atoms with Crippen LogP contribution in [0.5, 0.6) is 0 Å². The van der Waals surface area contributed by atoms with E-state index < -0.39 is 0 Å². The number of rotatable bonds is 3. The van der Waals surface area contributed by atoms with Gasteiger partial charge in [-0.05, 0) is 30.2 Å². The fraction of sp³-hybridized carbons (Fsp3) is 0.333. The van der Waals surface area contributed by atoms with Crippen LogP contribution in [-0.4, -0.2) is 19.9 Å². The SMILES string of the molecule is Cc1cnc(Sc2ncnc(Cl)c2C(C)C)nc1. The molecule has 0 aromatic carbocycles. The fourth-order valence-corrected chi connectivity index (χ4v) is 2.78. The Morgan fingerprint density at radius 2 is 1.78 bits per heavy atom. The van der Waals surface area contributed by atoms with E-state index in [9.17, 15) is 0 Å². The van der Waals surface area contributed by atoms with Gasteiger partial charge in [0.25, 0.3) is 0 Å². The third kappa shape index (κ3) is 2.97. The summed E-state index contributed by atoms with van der Waals surface area (Å²) in [6, 6.07) is 0.